The molecule has 1 spiro atoms. The van der Waals surface area contributed by atoms with Crippen molar-refractivity contribution in [1.29, 1.82) is 0 Å². The average Bonchev–Trinajstić information content (AvgIpc) is 3.59. The molecule has 9 heteroatoms. The van der Waals surface area contributed by atoms with Crippen LogP contribution in [0.4, 0.5) is 0 Å². The summed E-state index contributed by atoms with van der Waals surface area (Å²) in [6.45, 7) is 2.34. The SMILES string of the molecule is COCOc1ccc2c3c1O[C@H]1[C@H](N4Cc5ccccc5S4(=O)=O)CC[C@@]4(O)[C@@H](C2)N(CC2CC2)CC[C@]314. The highest BCUT2D eigenvalue weighted by molar-refractivity contribution is 7.89. The minimum Gasteiger partial charge on any atom is -0.483 e. The number of ether oxygens (including phenoxy) is 3. The van der Waals surface area contributed by atoms with E-state index in [1.165, 1.54) is 18.4 Å². The van der Waals surface area contributed by atoms with E-state index in [0.29, 0.717) is 35.8 Å². The first-order valence-electron chi connectivity index (χ1n) is 13.9. The predicted molar refractivity (Wildman–Crippen MR) is 139 cm³/mol. The van der Waals surface area contributed by atoms with E-state index in [4.69, 9.17) is 14.2 Å². The molecule has 0 radical (unpaired) electrons. The maximum absolute atomic E-state index is 13.8. The molecule has 0 aromatic heterocycles. The Bertz CT molecular complexity index is 1430. The standard InChI is InChI=1S/C29H34N2O6S/c1-35-17-36-22-9-8-19-14-24-29(32)11-10-21(31-16-20-4-2-3-5-23(20)38(31,33)34)27-28(29,25(19)26(22)37-27)12-13-30(24)15-18-6-7-18/h2-5,8-9,18,21,24,27,32H,6-7,10-17H2,1H3/t21-,24-,27+,28+,29-/m1/s1. The quantitative estimate of drug-likeness (QED) is 0.566. The van der Waals surface area contributed by atoms with Crippen LogP contribution < -0.4 is 9.47 Å². The van der Waals surface area contributed by atoms with Crippen LogP contribution in [0.1, 0.15) is 48.8 Å². The lowest BCUT2D eigenvalue weighted by atomic mass is 9.48. The minimum absolute atomic E-state index is 0.000441. The molecular weight excluding hydrogens is 504 g/mol. The summed E-state index contributed by atoms with van der Waals surface area (Å²) in [5.74, 6) is 2.00. The highest BCUT2D eigenvalue weighted by atomic mass is 32.2. The number of benzene rings is 2. The molecule has 0 amide bonds. The Hall–Kier alpha value is -2.17. The molecule has 3 aliphatic heterocycles. The van der Waals surface area contributed by atoms with E-state index in [0.717, 1.165) is 43.0 Å². The Kier molecular flexibility index (Phi) is 4.95. The molecule has 1 N–H and O–H groups in total. The van der Waals surface area contributed by atoms with Gasteiger partial charge < -0.3 is 19.3 Å². The van der Waals surface area contributed by atoms with Gasteiger partial charge >= 0.3 is 0 Å². The monoisotopic (exact) mass is 538 g/mol. The maximum atomic E-state index is 13.8. The number of likely N-dealkylation sites (tertiary alicyclic amines) is 1. The second-order valence-corrected chi connectivity index (χ2v) is 13.9. The van der Waals surface area contributed by atoms with Gasteiger partial charge in [-0.1, -0.05) is 24.3 Å². The largest absolute Gasteiger partial charge is 0.483 e. The van der Waals surface area contributed by atoms with E-state index in [1.54, 1.807) is 23.5 Å². The lowest BCUT2D eigenvalue weighted by Crippen LogP contribution is -2.78. The number of aliphatic hydroxyl groups is 1. The Balaban J connectivity index is 1.27. The molecule has 6 aliphatic rings. The van der Waals surface area contributed by atoms with Gasteiger partial charge in [0.1, 0.15) is 6.10 Å². The predicted octanol–water partition coefficient (Wildman–Crippen LogP) is 2.81. The number of sulfonamides is 1. The van der Waals surface area contributed by atoms with E-state index in [-0.39, 0.29) is 18.9 Å². The van der Waals surface area contributed by atoms with E-state index in [9.17, 15) is 13.5 Å². The fourth-order valence-corrected chi connectivity index (χ4v) is 10.4. The summed E-state index contributed by atoms with van der Waals surface area (Å²) in [7, 11) is -2.08. The van der Waals surface area contributed by atoms with Gasteiger partial charge in [-0.3, -0.25) is 4.90 Å². The van der Waals surface area contributed by atoms with Crippen LogP contribution in [0.3, 0.4) is 0 Å². The third-order valence-corrected chi connectivity index (χ3v) is 12.3. The molecular formula is C29H34N2O6S. The summed E-state index contributed by atoms with van der Waals surface area (Å²) >= 11 is 0. The molecule has 1 saturated heterocycles. The van der Waals surface area contributed by atoms with Crippen molar-refractivity contribution in [3.63, 3.8) is 0 Å². The topological polar surface area (TPSA) is 88.5 Å². The van der Waals surface area contributed by atoms with Gasteiger partial charge in [-0.25, -0.2) is 8.42 Å². The van der Waals surface area contributed by atoms with E-state index >= 15 is 0 Å². The molecule has 3 heterocycles. The fraction of sp³-hybridized carbons (Fsp3) is 0.586. The van der Waals surface area contributed by atoms with E-state index < -0.39 is 27.1 Å². The molecule has 38 heavy (non-hydrogen) atoms. The molecule has 3 aliphatic carbocycles. The summed E-state index contributed by atoms with van der Waals surface area (Å²) < 4.78 is 47.3. The van der Waals surface area contributed by atoms with E-state index in [2.05, 4.69) is 11.0 Å². The normalized spacial score (nSPS) is 36.4. The van der Waals surface area contributed by atoms with Gasteiger partial charge in [0, 0.05) is 31.8 Å². The van der Waals surface area contributed by atoms with Crippen molar-refractivity contribution in [3.05, 3.63) is 53.1 Å². The van der Waals surface area contributed by atoms with Crippen molar-refractivity contribution in [2.24, 2.45) is 5.92 Å². The highest BCUT2D eigenvalue weighted by Gasteiger charge is 2.74. The van der Waals surface area contributed by atoms with Crippen molar-refractivity contribution >= 4 is 10.0 Å². The van der Waals surface area contributed by atoms with Crippen LogP contribution in [0.2, 0.25) is 0 Å². The zero-order valence-electron chi connectivity index (χ0n) is 21.6. The summed E-state index contributed by atoms with van der Waals surface area (Å²) in [5.41, 5.74) is 1.39. The molecule has 202 valence electrons. The van der Waals surface area contributed by atoms with Crippen LogP contribution >= 0.6 is 0 Å². The summed E-state index contributed by atoms with van der Waals surface area (Å²) in [5, 5.41) is 12.8. The van der Waals surface area contributed by atoms with Crippen LogP contribution in [0, 0.1) is 5.92 Å². The number of nitrogens with zero attached hydrogens (tertiary/aromatic N) is 2. The third kappa shape index (κ3) is 2.92. The van der Waals surface area contributed by atoms with Gasteiger partial charge in [-0.2, -0.15) is 4.31 Å². The zero-order valence-corrected chi connectivity index (χ0v) is 22.5. The number of hydrogen-bond acceptors (Lipinski definition) is 7. The Morgan fingerprint density at radius 3 is 2.74 bits per heavy atom. The third-order valence-electron chi connectivity index (χ3n) is 10.3. The van der Waals surface area contributed by atoms with Crippen LogP contribution in [0.5, 0.6) is 11.5 Å². The second-order valence-electron chi connectivity index (χ2n) is 12.1. The van der Waals surface area contributed by atoms with Crippen molar-refractivity contribution in [2.75, 3.05) is 27.0 Å². The van der Waals surface area contributed by atoms with Gasteiger partial charge in [0.15, 0.2) is 18.3 Å². The summed E-state index contributed by atoms with van der Waals surface area (Å²) in [6.07, 6.45) is 4.67. The van der Waals surface area contributed by atoms with Crippen molar-refractivity contribution in [3.8, 4) is 11.5 Å². The number of methoxy groups -OCH3 is 1. The van der Waals surface area contributed by atoms with E-state index in [1.807, 2.05) is 18.2 Å². The molecule has 5 atom stereocenters. The smallest absolute Gasteiger partial charge is 0.244 e. The van der Waals surface area contributed by atoms with Crippen LogP contribution in [0.25, 0.3) is 0 Å². The summed E-state index contributed by atoms with van der Waals surface area (Å²) in [4.78, 5) is 2.92. The number of hydrogen-bond donors (Lipinski definition) is 1. The minimum atomic E-state index is -3.66. The van der Waals surface area contributed by atoms with Crippen LogP contribution in [0.15, 0.2) is 41.3 Å². The molecule has 0 unspecified atom stereocenters. The van der Waals surface area contributed by atoms with Crippen molar-refractivity contribution in [2.45, 2.75) is 79.2 Å². The molecule has 2 saturated carbocycles. The Labute approximate surface area is 223 Å². The van der Waals surface area contributed by atoms with Gasteiger partial charge in [0.25, 0.3) is 0 Å². The number of rotatable bonds is 6. The molecule has 8 nitrogen and oxygen atoms in total. The fourth-order valence-electron chi connectivity index (χ4n) is 8.54. The van der Waals surface area contributed by atoms with Crippen LogP contribution in [-0.2, 0) is 33.1 Å². The highest BCUT2D eigenvalue weighted by Crippen LogP contribution is 2.66. The Morgan fingerprint density at radius 2 is 1.95 bits per heavy atom. The van der Waals surface area contributed by atoms with Gasteiger partial charge in [0.05, 0.1) is 22.0 Å². The average molecular weight is 539 g/mol. The first-order chi connectivity index (χ1) is 18.4. The van der Waals surface area contributed by atoms with Crippen molar-refractivity contribution in [1.82, 2.24) is 9.21 Å². The maximum Gasteiger partial charge on any atom is 0.244 e. The Morgan fingerprint density at radius 1 is 1.11 bits per heavy atom. The van der Waals surface area contributed by atoms with Crippen molar-refractivity contribution < 1.29 is 27.7 Å². The molecule has 2 bridgehead atoms. The van der Waals surface area contributed by atoms with Gasteiger partial charge in [-0.05, 0) is 74.2 Å². The van der Waals surface area contributed by atoms with Gasteiger partial charge in [-0.15, -0.1) is 0 Å². The zero-order chi connectivity index (χ0) is 25.9. The number of piperidine rings is 1. The van der Waals surface area contributed by atoms with Gasteiger partial charge in [0.2, 0.25) is 10.0 Å². The first-order valence-corrected chi connectivity index (χ1v) is 15.3. The lowest BCUT2D eigenvalue weighted by Gasteiger charge is -2.64. The second kappa shape index (κ2) is 7.95. The lowest BCUT2D eigenvalue weighted by molar-refractivity contribution is -0.196. The molecule has 3 fully saturated rings. The van der Waals surface area contributed by atoms with Crippen LogP contribution in [-0.4, -0.2) is 73.5 Å². The number of fused-ring (bicyclic) bond motifs is 1. The summed E-state index contributed by atoms with van der Waals surface area (Å²) in [6, 6.07) is 11.0. The molecule has 2 aromatic rings. The molecule has 2 aromatic carbocycles. The molecule has 8 rings (SSSR count). The first kappa shape index (κ1) is 23.7.